The minimum absolute atomic E-state index is 0.0722. The molecule has 2 aromatic rings. The number of rotatable bonds is 4. The Kier molecular flexibility index (Phi) is 4.20. The topological polar surface area (TPSA) is 59.3 Å². The Hall–Kier alpha value is -2.14. The van der Waals surface area contributed by atoms with Crippen molar-refractivity contribution >= 4 is 28.8 Å². The van der Waals surface area contributed by atoms with Gasteiger partial charge in [-0.2, -0.15) is 0 Å². The molecular formula is C14H14ClN3O2. The van der Waals surface area contributed by atoms with Crippen LogP contribution in [0.5, 0.6) is 0 Å². The summed E-state index contributed by atoms with van der Waals surface area (Å²) in [7, 11) is 1.79. The van der Waals surface area contributed by atoms with Gasteiger partial charge in [-0.25, -0.2) is 4.98 Å². The van der Waals surface area contributed by atoms with E-state index in [-0.39, 0.29) is 10.8 Å². The molecule has 0 aliphatic carbocycles. The van der Waals surface area contributed by atoms with Crippen LogP contribution in [-0.4, -0.2) is 17.0 Å². The summed E-state index contributed by atoms with van der Waals surface area (Å²) < 4.78 is 0. The molecular weight excluding hydrogens is 278 g/mol. The molecule has 6 heteroatoms. The van der Waals surface area contributed by atoms with Crippen LogP contribution >= 0.6 is 11.6 Å². The van der Waals surface area contributed by atoms with Crippen molar-refractivity contribution in [3.8, 4) is 0 Å². The van der Waals surface area contributed by atoms with Gasteiger partial charge in [0.25, 0.3) is 5.69 Å². The summed E-state index contributed by atoms with van der Waals surface area (Å²) >= 11 is 5.83. The van der Waals surface area contributed by atoms with E-state index in [1.165, 1.54) is 17.7 Å². The molecule has 0 spiro atoms. The number of nitro groups is 1. The number of benzene rings is 1. The molecule has 0 aliphatic heterocycles. The van der Waals surface area contributed by atoms with E-state index in [2.05, 4.69) is 11.9 Å². The second-order valence-electron chi connectivity index (χ2n) is 4.34. The molecule has 0 unspecified atom stereocenters. The highest BCUT2D eigenvalue weighted by Gasteiger charge is 2.14. The van der Waals surface area contributed by atoms with Gasteiger partial charge in [0, 0.05) is 12.7 Å². The summed E-state index contributed by atoms with van der Waals surface area (Å²) in [5, 5.41) is 11.0. The predicted octanol–water partition coefficient (Wildman–Crippen LogP) is 3.97. The lowest BCUT2D eigenvalue weighted by Crippen LogP contribution is -2.11. The molecule has 1 aromatic carbocycles. The first-order valence-electron chi connectivity index (χ1n) is 6.16. The van der Waals surface area contributed by atoms with Crippen molar-refractivity contribution in [2.75, 3.05) is 11.9 Å². The second-order valence-corrected chi connectivity index (χ2v) is 4.73. The van der Waals surface area contributed by atoms with Crippen LogP contribution in [0, 0.1) is 10.1 Å². The van der Waals surface area contributed by atoms with E-state index in [9.17, 15) is 10.1 Å². The molecule has 0 aliphatic rings. The van der Waals surface area contributed by atoms with Gasteiger partial charge in [0.2, 0.25) is 0 Å². The van der Waals surface area contributed by atoms with Crippen LogP contribution in [0.1, 0.15) is 12.5 Å². The highest BCUT2D eigenvalue weighted by atomic mass is 35.5. The van der Waals surface area contributed by atoms with Gasteiger partial charge in [-0.05, 0) is 24.1 Å². The van der Waals surface area contributed by atoms with Crippen molar-refractivity contribution in [1.29, 1.82) is 0 Å². The number of nitrogens with zero attached hydrogens (tertiary/aromatic N) is 3. The highest BCUT2D eigenvalue weighted by molar-refractivity contribution is 6.29. The Balaban J connectivity index is 2.36. The number of hydrogen-bond donors (Lipinski definition) is 0. The first-order valence-corrected chi connectivity index (χ1v) is 6.53. The zero-order valence-corrected chi connectivity index (χ0v) is 12.0. The quantitative estimate of drug-likeness (QED) is 0.486. The summed E-state index contributed by atoms with van der Waals surface area (Å²) in [6.45, 7) is 2.08. The lowest BCUT2D eigenvalue weighted by molar-refractivity contribution is -0.384. The number of anilines is 2. The van der Waals surface area contributed by atoms with E-state index in [4.69, 9.17) is 11.6 Å². The average molecular weight is 292 g/mol. The van der Waals surface area contributed by atoms with Gasteiger partial charge in [-0.3, -0.25) is 10.1 Å². The van der Waals surface area contributed by atoms with Crippen LogP contribution < -0.4 is 4.90 Å². The number of aryl methyl sites for hydroxylation is 1. The first kappa shape index (κ1) is 14.3. The summed E-state index contributed by atoms with van der Waals surface area (Å²) in [5.41, 5.74) is 2.05. The largest absolute Gasteiger partial charge is 0.329 e. The Morgan fingerprint density at radius 3 is 2.50 bits per heavy atom. The van der Waals surface area contributed by atoms with Crippen molar-refractivity contribution in [3.05, 3.63) is 57.2 Å². The third kappa shape index (κ3) is 3.05. The second kappa shape index (κ2) is 5.88. The monoisotopic (exact) mass is 291 g/mol. The number of hydrogen-bond acceptors (Lipinski definition) is 4. The average Bonchev–Trinajstić information content (AvgIpc) is 2.46. The molecule has 0 fully saturated rings. The summed E-state index contributed by atoms with van der Waals surface area (Å²) in [5.74, 6) is 0.438. The van der Waals surface area contributed by atoms with E-state index < -0.39 is 4.92 Å². The third-order valence-electron chi connectivity index (χ3n) is 3.05. The van der Waals surface area contributed by atoms with Crippen molar-refractivity contribution in [1.82, 2.24) is 4.98 Å². The molecule has 0 radical (unpaired) electrons. The van der Waals surface area contributed by atoms with Gasteiger partial charge >= 0.3 is 0 Å². The lowest BCUT2D eigenvalue weighted by Gasteiger charge is -2.18. The SMILES string of the molecule is CCc1ccc(N(C)c2cc([N+](=O)[O-])cc(Cl)n2)cc1. The van der Waals surface area contributed by atoms with Crippen LogP contribution in [0.3, 0.4) is 0 Å². The molecule has 1 aromatic heterocycles. The number of pyridine rings is 1. The predicted molar refractivity (Wildman–Crippen MR) is 79.8 cm³/mol. The summed E-state index contributed by atoms with van der Waals surface area (Å²) in [6.07, 6.45) is 0.963. The highest BCUT2D eigenvalue weighted by Crippen LogP contribution is 2.27. The van der Waals surface area contributed by atoms with Crippen LogP contribution in [0.2, 0.25) is 5.15 Å². The number of aromatic nitrogens is 1. The van der Waals surface area contributed by atoms with Gasteiger partial charge in [0.05, 0.1) is 17.1 Å². The molecule has 1 heterocycles. The zero-order valence-electron chi connectivity index (χ0n) is 11.2. The van der Waals surface area contributed by atoms with Crippen molar-refractivity contribution in [2.24, 2.45) is 0 Å². The van der Waals surface area contributed by atoms with Crippen LogP contribution in [0.15, 0.2) is 36.4 Å². The molecule has 20 heavy (non-hydrogen) atoms. The molecule has 0 saturated heterocycles. The molecule has 104 valence electrons. The van der Waals surface area contributed by atoms with Gasteiger partial charge in [-0.1, -0.05) is 30.7 Å². The van der Waals surface area contributed by atoms with Crippen LogP contribution in [-0.2, 0) is 6.42 Å². The molecule has 0 atom stereocenters. The van der Waals surface area contributed by atoms with Crippen LogP contribution in [0.4, 0.5) is 17.2 Å². The van der Waals surface area contributed by atoms with Gasteiger partial charge < -0.3 is 4.90 Å². The maximum Gasteiger partial charge on any atom is 0.276 e. The van der Waals surface area contributed by atoms with E-state index in [1.54, 1.807) is 11.9 Å². The molecule has 0 amide bonds. The fourth-order valence-electron chi connectivity index (χ4n) is 1.83. The minimum atomic E-state index is -0.481. The Morgan fingerprint density at radius 1 is 1.30 bits per heavy atom. The maximum absolute atomic E-state index is 10.8. The first-order chi connectivity index (χ1) is 9.51. The fourth-order valence-corrected chi connectivity index (χ4v) is 2.03. The summed E-state index contributed by atoms with van der Waals surface area (Å²) in [4.78, 5) is 16.3. The van der Waals surface area contributed by atoms with Crippen molar-refractivity contribution < 1.29 is 4.92 Å². The summed E-state index contributed by atoms with van der Waals surface area (Å²) in [6, 6.07) is 10.6. The molecule has 5 nitrogen and oxygen atoms in total. The van der Waals surface area contributed by atoms with Gasteiger partial charge in [-0.15, -0.1) is 0 Å². The lowest BCUT2D eigenvalue weighted by atomic mass is 10.1. The van der Waals surface area contributed by atoms with Crippen molar-refractivity contribution in [3.63, 3.8) is 0 Å². The third-order valence-corrected chi connectivity index (χ3v) is 3.25. The van der Waals surface area contributed by atoms with Crippen LogP contribution in [0.25, 0.3) is 0 Å². The van der Waals surface area contributed by atoms with E-state index in [1.807, 2.05) is 24.3 Å². The normalized spacial score (nSPS) is 10.3. The Bertz CT molecular complexity index is 629. The smallest absolute Gasteiger partial charge is 0.276 e. The zero-order chi connectivity index (χ0) is 14.7. The van der Waals surface area contributed by atoms with Gasteiger partial charge in [0.15, 0.2) is 0 Å². The van der Waals surface area contributed by atoms with E-state index in [0.29, 0.717) is 5.82 Å². The Morgan fingerprint density at radius 2 is 1.95 bits per heavy atom. The van der Waals surface area contributed by atoms with E-state index in [0.717, 1.165) is 12.1 Å². The molecule has 2 rings (SSSR count). The molecule has 0 saturated carbocycles. The molecule has 0 bridgehead atoms. The molecule has 0 N–H and O–H groups in total. The minimum Gasteiger partial charge on any atom is -0.329 e. The van der Waals surface area contributed by atoms with Gasteiger partial charge in [0.1, 0.15) is 11.0 Å². The number of halogens is 1. The fraction of sp³-hybridized carbons (Fsp3) is 0.214. The maximum atomic E-state index is 10.8. The Labute approximate surface area is 122 Å². The van der Waals surface area contributed by atoms with Crippen molar-refractivity contribution in [2.45, 2.75) is 13.3 Å². The standard InChI is InChI=1S/C14H14ClN3O2/c1-3-10-4-6-11(7-5-10)17(2)14-9-12(18(19)20)8-13(15)16-14/h4-9H,3H2,1-2H3. The van der Waals surface area contributed by atoms with E-state index >= 15 is 0 Å².